The first kappa shape index (κ1) is 9.13. The maximum absolute atomic E-state index is 12.4. The molecule has 0 bridgehead atoms. The smallest absolute Gasteiger partial charge is 0.115 e. The van der Waals surface area contributed by atoms with Gasteiger partial charge in [-0.15, -0.1) is 0 Å². The fourth-order valence-corrected chi connectivity index (χ4v) is 1.50. The monoisotopic (exact) mass is 189 g/mol. The summed E-state index contributed by atoms with van der Waals surface area (Å²) in [5.74, 6) is 0. The fraction of sp³-hybridized carbons (Fsp3) is 0.250. The number of aromatic nitrogens is 1. The van der Waals surface area contributed by atoms with Gasteiger partial charge in [0.05, 0.1) is 5.52 Å². The number of aryl methyl sites for hydroxylation is 1. The highest BCUT2D eigenvalue weighted by Gasteiger charge is 1.98. The minimum Gasteiger partial charge on any atom is -0.253 e. The normalized spacial score (nSPS) is 10.7. The zero-order chi connectivity index (χ0) is 9.97. The van der Waals surface area contributed by atoms with Crippen LogP contribution in [0, 0.1) is 0 Å². The van der Waals surface area contributed by atoms with Gasteiger partial charge in [0.15, 0.2) is 0 Å². The van der Waals surface area contributed by atoms with E-state index in [4.69, 9.17) is 0 Å². The molecule has 1 aromatic carbocycles. The Morgan fingerprint density at radius 3 is 2.79 bits per heavy atom. The van der Waals surface area contributed by atoms with Crippen molar-refractivity contribution >= 4 is 10.9 Å². The average molecular weight is 189 g/mol. The summed E-state index contributed by atoms with van der Waals surface area (Å²) in [5.41, 5.74) is 2.73. The second-order valence-electron chi connectivity index (χ2n) is 3.32. The van der Waals surface area contributed by atoms with Gasteiger partial charge in [0.1, 0.15) is 6.67 Å². The van der Waals surface area contributed by atoms with Gasteiger partial charge in [0.2, 0.25) is 0 Å². The SMILES string of the molecule is CCc1ccc2cc(CF)ccc2n1. The second kappa shape index (κ2) is 3.74. The van der Waals surface area contributed by atoms with E-state index in [1.54, 1.807) is 6.07 Å². The van der Waals surface area contributed by atoms with Crippen LogP contribution in [0.2, 0.25) is 0 Å². The number of halogens is 1. The minimum atomic E-state index is -0.411. The fourth-order valence-electron chi connectivity index (χ4n) is 1.50. The van der Waals surface area contributed by atoms with Gasteiger partial charge in [-0.05, 0) is 30.2 Å². The topological polar surface area (TPSA) is 12.9 Å². The molecule has 0 aliphatic carbocycles. The average Bonchev–Trinajstić information content (AvgIpc) is 2.27. The van der Waals surface area contributed by atoms with Crippen molar-refractivity contribution in [3.63, 3.8) is 0 Å². The Hall–Kier alpha value is -1.44. The van der Waals surface area contributed by atoms with E-state index in [1.165, 1.54) is 0 Å². The number of nitrogens with zero attached hydrogens (tertiary/aromatic N) is 1. The molecule has 0 unspecified atom stereocenters. The molecule has 0 aliphatic heterocycles. The molecule has 72 valence electrons. The standard InChI is InChI=1S/C12H12FN/c1-2-11-5-4-10-7-9(8-13)3-6-12(10)14-11/h3-7H,2,8H2,1H3. The molecule has 2 rings (SSSR count). The molecule has 0 amide bonds. The predicted molar refractivity (Wildman–Crippen MR) is 55.9 cm³/mol. The summed E-state index contributed by atoms with van der Waals surface area (Å²) in [4.78, 5) is 4.45. The number of hydrogen-bond donors (Lipinski definition) is 0. The summed E-state index contributed by atoms with van der Waals surface area (Å²) in [5, 5.41) is 1.01. The maximum atomic E-state index is 12.4. The van der Waals surface area contributed by atoms with Crippen molar-refractivity contribution in [3.05, 3.63) is 41.6 Å². The molecule has 0 spiro atoms. The van der Waals surface area contributed by atoms with Crippen LogP contribution in [-0.2, 0) is 13.1 Å². The second-order valence-corrected chi connectivity index (χ2v) is 3.32. The Balaban J connectivity index is 2.57. The minimum absolute atomic E-state index is 0.411. The van der Waals surface area contributed by atoms with Crippen LogP contribution < -0.4 is 0 Å². The molecule has 0 atom stereocenters. The highest BCUT2D eigenvalue weighted by Crippen LogP contribution is 2.15. The lowest BCUT2D eigenvalue weighted by molar-refractivity contribution is 0.485. The molecule has 2 heteroatoms. The lowest BCUT2D eigenvalue weighted by atomic mass is 10.1. The summed E-state index contributed by atoms with van der Waals surface area (Å²) in [6.07, 6.45) is 0.931. The maximum Gasteiger partial charge on any atom is 0.115 e. The Morgan fingerprint density at radius 2 is 2.07 bits per heavy atom. The van der Waals surface area contributed by atoms with Crippen LogP contribution in [-0.4, -0.2) is 4.98 Å². The number of alkyl halides is 1. The summed E-state index contributed by atoms with van der Waals surface area (Å²) in [6.45, 7) is 1.66. The van der Waals surface area contributed by atoms with Gasteiger partial charge in [-0.25, -0.2) is 4.39 Å². The molecule has 2 aromatic rings. The number of rotatable bonds is 2. The lowest BCUT2D eigenvalue weighted by Gasteiger charge is -2.01. The first-order chi connectivity index (χ1) is 6.83. The Bertz CT molecular complexity index is 408. The highest BCUT2D eigenvalue weighted by molar-refractivity contribution is 5.79. The van der Waals surface area contributed by atoms with E-state index in [0.717, 1.165) is 23.0 Å². The van der Waals surface area contributed by atoms with Gasteiger partial charge < -0.3 is 0 Å². The van der Waals surface area contributed by atoms with E-state index in [0.29, 0.717) is 5.56 Å². The Kier molecular flexibility index (Phi) is 2.44. The molecule has 0 N–H and O–H groups in total. The molecule has 1 heterocycles. The third kappa shape index (κ3) is 1.60. The van der Waals surface area contributed by atoms with Crippen LogP contribution >= 0.6 is 0 Å². The van der Waals surface area contributed by atoms with Crippen molar-refractivity contribution in [2.45, 2.75) is 20.0 Å². The van der Waals surface area contributed by atoms with Crippen molar-refractivity contribution in [2.24, 2.45) is 0 Å². The van der Waals surface area contributed by atoms with Gasteiger partial charge in [0.25, 0.3) is 0 Å². The lowest BCUT2D eigenvalue weighted by Crippen LogP contribution is -1.88. The molecule has 0 aliphatic rings. The molecule has 0 saturated heterocycles. The van der Waals surface area contributed by atoms with E-state index in [-0.39, 0.29) is 0 Å². The van der Waals surface area contributed by atoms with Crippen LogP contribution in [0.5, 0.6) is 0 Å². The molecular weight excluding hydrogens is 177 g/mol. The van der Waals surface area contributed by atoms with E-state index in [1.807, 2.05) is 24.3 Å². The molecule has 0 radical (unpaired) electrons. The number of benzene rings is 1. The highest BCUT2D eigenvalue weighted by atomic mass is 19.1. The largest absolute Gasteiger partial charge is 0.253 e. The van der Waals surface area contributed by atoms with Crippen molar-refractivity contribution < 1.29 is 4.39 Å². The van der Waals surface area contributed by atoms with Gasteiger partial charge in [-0.1, -0.05) is 19.1 Å². The van der Waals surface area contributed by atoms with Crippen molar-refractivity contribution in [1.29, 1.82) is 0 Å². The van der Waals surface area contributed by atoms with Crippen LogP contribution in [0.3, 0.4) is 0 Å². The van der Waals surface area contributed by atoms with Crippen LogP contribution in [0.4, 0.5) is 4.39 Å². The zero-order valence-corrected chi connectivity index (χ0v) is 8.13. The van der Waals surface area contributed by atoms with Crippen molar-refractivity contribution in [1.82, 2.24) is 4.98 Å². The van der Waals surface area contributed by atoms with Crippen molar-refractivity contribution in [3.8, 4) is 0 Å². The molecular formula is C12H12FN. The molecule has 1 nitrogen and oxygen atoms in total. The predicted octanol–water partition coefficient (Wildman–Crippen LogP) is 3.27. The first-order valence-corrected chi connectivity index (χ1v) is 4.78. The number of fused-ring (bicyclic) bond motifs is 1. The van der Waals surface area contributed by atoms with E-state index in [9.17, 15) is 4.39 Å². The molecule has 1 aromatic heterocycles. The van der Waals surface area contributed by atoms with Gasteiger partial charge in [0, 0.05) is 11.1 Å². The van der Waals surface area contributed by atoms with Gasteiger partial charge in [-0.3, -0.25) is 4.98 Å². The van der Waals surface area contributed by atoms with E-state index >= 15 is 0 Å². The van der Waals surface area contributed by atoms with E-state index < -0.39 is 6.67 Å². The van der Waals surface area contributed by atoms with E-state index in [2.05, 4.69) is 11.9 Å². The van der Waals surface area contributed by atoms with Crippen LogP contribution in [0.1, 0.15) is 18.2 Å². The van der Waals surface area contributed by atoms with Crippen molar-refractivity contribution in [2.75, 3.05) is 0 Å². The summed E-state index contributed by atoms with van der Waals surface area (Å²) < 4.78 is 12.4. The van der Waals surface area contributed by atoms with Crippen LogP contribution in [0.15, 0.2) is 30.3 Å². The quantitative estimate of drug-likeness (QED) is 0.706. The zero-order valence-electron chi connectivity index (χ0n) is 8.13. The Labute approximate surface area is 82.6 Å². The van der Waals surface area contributed by atoms with Gasteiger partial charge >= 0.3 is 0 Å². The molecule has 0 saturated carbocycles. The first-order valence-electron chi connectivity index (χ1n) is 4.78. The Morgan fingerprint density at radius 1 is 1.21 bits per heavy atom. The molecule has 0 fully saturated rings. The summed E-state index contributed by atoms with van der Waals surface area (Å²) >= 11 is 0. The number of hydrogen-bond acceptors (Lipinski definition) is 1. The third-order valence-electron chi connectivity index (χ3n) is 2.33. The number of pyridine rings is 1. The van der Waals surface area contributed by atoms with Crippen LogP contribution in [0.25, 0.3) is 10.9 Å². The molecule has 14 heavy (non-hydrogen) atoms. The third-order valence-corrected chi connectivity index (χ3v) is 2.33. The summed E-state index contributed by atoms with van der Waals surface area (Å²) in [7, 11) is 0. The summed E-state index contributed by atoms with van der Waals surface area (Å²) in [6, 6.07) is 9.50. The van der Waals surface area contributed by atoms with Gasteiger partial charge in [-0.2, -0.15) is 0 Å².